The summed E-state index contributed by atoms with van der Waals surface area (Å²) in [4.78, 5) is 11.8. The normalized spacial score (nSPS) is 14.5. The monoisotopic (exact) mass is 233 g/mol. The number of ether oxygens (including phenoxy) is 1. The molecule has 0 rings (SSSR count). The first-order chi connectivity index (χ1) is 8.08. The van der Waals surface area contributed by atoms with Crippen molar-refractivity contribution in [1.29, 1.82) is 15.8 Å². The lowest BCUT2D eigenvalue weighted by atomic mass is 9.74. The lowest BCUT2D eigenvalue weighted by Crippen LogP contribution is -2.37. The minimum atomic E-state index is -1.46. The molecule has 0 aliphatic carbocycles. The first kappa shape index (κ1) is 14.9. The Balaban J connectivity index is 5.05. The molecule has 90 valence electrons. The molecule has 0 amide bonds. The molecule has 2 atom stereocenters. The molecule has 0 aliphatic rings. The van der Waals surface area contributed by atoms with E-state index in [-0.39, 0.29) is 19.4 Å². The summed E-state index contributed by atoms with van der Waals surface area (Å²) in [7, 11) is 0. The van der Waals surface area contributed by atoms with E-state index in [0.717, 1.165) is 0 Å². The van der Waals surface area contributed by atoms with Crippen LogP contribution in [-0.2, 0) is 9.53 Å². The van der Waals surface area contributed by atoms with Gasteiger partial charge in [0.15, 0.2) is 5.41 Å². The molecule has 0 aromatic carbocycles. The maximum Gasteiger partial charge on any atom is 0.327 e. The van der Waals surface area contributed by atoms with Crippen LogP contribution in [0, 0.1) is 45.3 Å². The summed E-state index contributed by atoms with van der Waals surface area (Å²) in [5.41, 5.74) is -1.46. The summed E-state index contributed by atoms with van der Waals surface area (Å²) in [5.74, 6) is -1.43. The van der Waals surface area contributed by atoms with E-state index >= 15 is 0 Å². The van der Waals surface area contributed by atoms with Crippen molar-refractivity contribution in [3.05, 3.63) is 0 Å². The van der Waals surface area contributed by atoms with Crippen molar-refractivity contribution in [3.63, 3.8) is 0 Å². The third-order valence-electron chi connectivity index (χ3n) is 2.63. The Hall–Kier alpha value is -2.06. The third kappa shape index (κ3) is 3.47. The molecule has 0 bridgehead atoms. The van der Waals surface area contributed by atoms with Gasteiger partial charge in [0, 0.05) is 6.42 Å². The van der Waals surface area contributed by atoms with Gasteiger partial charge in [0.2, 0.25) is 0 Å². The summed E-state index contributed by atoms with van der Waals surface area (Å²) in [6, 6.07) is 5.77. The van der Waals surface area contributed by atoms with Gasteiger partial charge in [0.05, 0.1) is 30.7 Å². The van der Waals surface area contributed by atoms with E-state index in [0.29, 0.717) is 6.42 Å². The van der Waals surface area contributed by atoms with Crippen molar-refractivity contribution in [1.82, 2.24) is 0 Å². The Kier molecular flexibility index (Phi) is 6.37. The van der Waals surface area contributed by atoms with Crippen LogP contribution in [0.2, 0.25) is 0 Å². The van der Waals surface area contributed by atoms with Crippen LogP contribution in [0.3, 0.4) is 0 Å². The van der Waals surface area contributed by atoms with Crippen LogP contribution >= 0.6 is 0 Å². The molecule has 0 aromatic rings. The SMILES string of the molecule is CCOC(=O)C(C#N)(CCCC#N)C(C)C#N. The largest absolute Gasteiger partial charge is 0.465 e. The van der Waals surface area contributed by atoms with Gasteiger partial charge in [-0.1, -0.05) is 0 Å². The number of nitrogens with zero attached hydrogens (tertiary/aromatic N) is 3. The van der Waals surface area contributed by atoms with Crippen molar-refractivity contribution >= 4 is 5.97 Å². The number of carbonyl (C=O) groups is 1. The van der Waals surface area contributed by atoms with E-state index in [2.05, 4.69) is 0 Å². The Morgan fingerprint density at radius 2 is 2.06 bits per heavy atom. The van der Waals surface area contributed by atoms with Gasteiger partial charge in [-0.25, -0.2) is 0 Å². The minimum absolute atomic E-state index is 0.165. The fourth-order valence-corrected chi connectivity index (χ4v) is 1.51. The average molecular weight is 233 g/mol. The minimum Gasteiger partial charge on any atom is -0.465 e. The molecule has 5 heteroatoms. The van der Waals surface area contributed by atoms with Crippen LogP contribution in [0.15, 0.2) is 0 Å². The van der Waals surface area contributed by atoms with Gasteiger partial charge < -0.3 is 4.74 Å². The van der Waals surface area contributed by atoms with Gasteiger partial charge in [0.25, 0.3) is 0 Å². The molecular formula is C12H15N3O2. The summed E-state index contributed by atoms with van der Waals surface area (Å²) < 4.78 is 4.86. The van der Waals surface area contributed by atoms with Crippen LogP contribution in [0.4, 0.5) is 0 Å². The predicted molar refractivity (Wildman–Crippen MR) is 58.9 cm³/mol. The number of carbonyl (C=O) groups excluding carboxylic acids is 1. The van der Waals surface area contributed by atoms with E-state index in [1.54, 1.807) is 6.92 Å². The van der Waals surface area contributed by atoms with Crippen molar-refractivity contribution < 1.29 is 9.53 Å². The summed E-state index contributed by atoms with van der Waals surface area (Å²) in [6.07, 6.45) is 0.820. The number of rotatable bonds is 6. The van der Waals surface area contributed by atoms with E-state index in [1.165, 1.54) is 6.92 Å². The van der Waals surface area contributed by atoms with Crippen molar-refractivity contribution in [2.75, 3.05) is 6.61 Å². The highest BCUT2D eigenvalue weighted by Gasteiger charge is 2.45. The number of hydrogen-bond acceptors (Lipinski definition) is 5. The molecular weight excluding hydrogens is 218 g/mol. The molecule has 0 N–H and O–H groups in total. The zero-order valence-electron chi connectivity index (χ0n) is 10.1. The molecule has 0 saturated carbocycles. The molecule has 17 heavy (non-hydrogen) atoms. The van der Waals surface area contributed by atoms with E-state index in [1.807, 2.05) is 18.2 Å². The molecule has 0 spiro atoms. The van der Waals surface area contributed by atoms with Crippen molar-refractivity contribution in [3.8, 4) is 18.2 Å². The first-order valence-corrected chi connectivity index (χ1v) is 5.44. The summed E-state index contributed by atoms with van der Waals surface area (Å²) in [5, 5.41) is 26.6. The van der Waals surface area contributed by atoms with E-state index < -0.39 is 17.3 Å². The van der Waals surface area contributed by atoms with Crippen molar-refractivity contribution in [2.24, 2.45) is 11.3 Å². The smallest absolute Gasteiger partial charge is 0.327 e. The second-order valence-electron chi connectivity index (χ2n) is 3.67. The Morgan fingerprint density at radius 3 is 2.47 bits per heavy atom. The zero-order chi connectivity index (χ0) is 13.3. The maximum atomic E-state index is 11.8. The molecule has 0 radical (unpaired) electrons. The van der Waals surface area contributed by atoms with E-state index in [9.17, 15) is 10.1 Å². The molecule has 0 aromatic heterocycles. The Labute approximate surface area is 101 Å². The lowest BCUT2D eigenvalue weighted by molar-refractivity contribution is -0.154. The third-order valence-corrected chi connectivity index (χ3v) is 2.63. The summed E-state index contributed by atoms with van der Waals surface area (Å²) >= 11 is 0. The molecule has 5 nitrogen and oxygen atoms in total. The number of unbranched alkanes of at least 4 members (excludes halogenated alkanes) is 1. The van der Waals surface area contributed by atoms with Gasteiger partial charge in [-0.2, -0.15) is 15.8 Å². The molecule has 2 unspecified atom stereocenters. The van der Waals surface area contributed by atoms with Crippen molar-refractivity contribution in [2.45, 2.75) is 33.1 Å². The maximum absolute atomic E-state index is 11.8. The molecule has 0 saturated heterocycles. The Bertz CT molecular complexity index is 386. The van der Waals surface area contributed by atoms with Gasteiger partial charge in [0.1, 0.15) is 0 Å². The fourth-order valence-electron chi connectivity index (χ4n) is 1.51. The average Bonchev–Trinajstić information content (AvgIpc) is 2.34. The topological polar surface area (TPSA) is 97.7 Å². The number of nitriles is 3. The van der Waals surface area contributed by atoms with Crippen LogP contribution < -0.4 is 0 Å². The lowest BCUT2D eigenvalue weighted by Gasteiger charge is -2.25. The number of esters is 1. The first-order valence-electron chi connectivity index (χ1n) is 5.44. The molecule has 0 fully saturated rings. The van der Waals surface area contributed by atoms with Crippen LogP contribution in [-0.4, -0.2) is 12.6 Å². The highest BCUT2D eigenvalue weighted by molar-refractivity contribution is 5.80. The van der Waals surface area contributed by atoms with Gasteiger partial charge in [-0.15, -0.1) is 0 Å². The molecule has 0 heterocycles. The fraction of sp³-hybridized carbons (Fsp3) is 0.667. The quantitative estimate of drug-likeness (QED) is 0.515. The van der Waals surface area contributed by atoms with Crippen LogP contribution in [0.5, 0.6) is 0 Å². The molecule has 0 aliphatic heterocycles. The van der Waals surface area contributed by atoms with Crippen LogP contribution in [0.1, 0.15) is 33.1 Å². The standard InChI is InChI=1S/C12H15N3O2/c1-3-17-11(16)12(9-15,10(2)8-14)6-4-5-7-13/h10H,3-6H2,1-2H3. The van der Waals surface area contributed by atoms with Gasteiger partial charge >= 0.3 is 5.97 Å². The summed E-state index contributed by atoms with van der Waals surface area (Å²) in [6.45, 7) is 3.33. The van der Waals surface area contributed by atoms with Crippen LogP contribution in [0.25, 0.3) is 0 Å². The second kappa shape index (κ2) is 7.25. The predicted octanol–water partition coefficient (Wildman–Crippen LogP) is 1.91. The Morgan fingerprint density at radius 1 is 1.41 bits per heavy atom. The highest BCUT2D eigenvalue weighted by atomic mass is 16.5. The van der Waals surface area contributed by atoms with Gasteiger partial charge in [-0.05, 0) is 26.7 Å². The number of hydrogen-bond donors (Lipinski definition) is 0. The van der Waals surface area contributed by atoms with Gasteiger partial charge in [-0.3, -0.25) is 4.79 Å². The second-order valence-corrected chi connectivity index (χ2v) is 3.67. The highest BCUT2D eigenvalue weighted by Crippen LogP contribution is 2.34. The van der Waals surface area contributed by atoms with E-state index in [4.69, 9.17) is 15.3 Å². The zero-order valence-corrected chi connectivity index (χ0v) is 10.1.